The third-order valence-electron chi connectivity index (χ3n) is 3.80. The minimum absolute atomic E-state index is 0.308. The summed E-state index contributed by atoms with van der Waals surface area (Å²) in [6.07, 6.45) is 0. The molecule has 2 amide bonds. The Labute approximate surface area is 155 Å². The van der Waals surface area contributed by atoms with Gasteiger partial charge in [0.1, 0.15) is 0 Å². The first-order chi connectivity index (χ1) is 12.5. The Kier molecular flexibility index (Phi) is 5.27. The van der Waals surface area contributed by atoms with Crippen molar-refractivity contribution in [1.29, 1.82) is 0 Å². The molecule has 3 rings (SSSR count). The Balaban J connectivity index is 1.72. The van der Waals surface area contributed by atoms with Crippen LogP contribution in [0.3, 0.4) is 0 Å². The summed E-state index contributed by atoms with van der Waals surface area (Å²) in [5.74, 6) is -0.716. The summed E-state index contributed by atoms with van der Waals surface area (Å²) < 4.78 is 4.94. The lowest BCUT2D eigenvalue weighted by Gasteiger charge is -2.15. The van der Waals surface area contributed by atoms with Gasteiger partial charge >= 0.3 is 5.97 Å². The standard InChI is InChI=1S/C19H18N2O4S/c1-3-25-18(23)13-7-9-14(10-8-13)20-16-17(22)21(19(24)26-16)15-6-4-5-12(2)11-15/h4-11,16,20H,3H2,1-2H3/t16-/m1/s1. The normalized spacial score (nSPS) is 16.7. The van der Waals surface area contributed by atoms with Gasteiger partial charge in [0.15, 0.2) is 5.37 Å². The number of hydrogen-bond acceptors (Lipinski definition) is 6. The van der Waals surface area contributed by atoms with E-state index in [1.54, 1.807) is 43.3 Å². The van der Waals surface area contributed by atoms with Gasteiger partial charge in [0.25, 0.3) is 11.1 Å². The number of ether oxygens (including phenoxy) is 1. The molecule has 1 aliphatic rings. The number of anilines is 2. The van der Waals surface area contributed by atoms with Crippen LogP contribution in [0.2, 0.25) is 0 Å². The maximum Gasteiger partial charge on any atom is 0.338 e. The molecule has 134 valence electrons. The molecule has 1 aliphatic heterocycles. The molecule has 1 heterocycles. The van der Waals surface area contributed by atoms with Crippen LogP contribution in [0.4, 0.5) is 16.2 Å². The highest BCUT2D eigenvalue weighted by Gasteiger charge is 2.40. The van der Waals surface area contributed by atoms with E-state index in [1.807, 2.05) is 19.1 Å². The van der Waals surface area contributed by atoms with Crippen LogP contribution in [-0.4, -0.2) is 29.1 Å². The molecule has 6 nitrogen and oxygen atoms in total. The SMILES string of the molecule is CCOC(=O)c1ccc(N[C@@H]2SC(=O)N(c3cccc(C)c3)C2=O)cc1. The van der Waals surface area contributed by atoms with Gasteiger partial charge in [-0.1, -0.05) is 12.1 Å². The zero-order valence-electron chi connectivity index (χ0n) is 14.4. The maximum absolute atomic E-state index is 12.6. The Morgan fingerprint density at radius 3 is 2.58 bits per heavy atom. The third kappa shape index (κ3) is 3.72. The van der Waals surface area contributed by atoms with Gasteiger partial charge in [-0.2, -0.15) is 0 Å². The molecule has 1 atom stereocenters. The van der Waals surface area contributed by atoms with Gasteiger partial charge in [0.2, 0.25) is 0 Å². The monoisotopic (exact) mass is 370 g/mol. The molecule has 0 radical (unpaired) electrons. The van der Waals surface area contributed by atoms with Crippen molar-refractivity contribution >= 4 is 40.3 Å². The average Bonchev–Trinajstić information content (AvgIpc) is 2.89. The van der Waals surface area contributed by atoms with E-state index in [0.717, 1.165) is 17.3 Å². The maximum atomic E-state index is 12.6. The fourth-order valence-electron chi connectivity index (χ4n) is 2.57. The van der Waals surface area contributed by atoms with Gasteiger partial charge in [-0.3, -0.25) is 9.59 Å². The Morgan fingerprint density at radius 2 is 1.92 bits per heavy atom. The second kappa shape index (κ2) is 7.61. The molecule has 1 fully saturated rings. The van der Waals surface area contributed by atoms with Crippen LogP contribution in [0.15, 0.2) is 48.5 Å². The van der Waals surface area contributed by atoms with E-state index in [1.165, 1.54) is 4.90 Å². The zero-order chi connectivity index (χ0) is 18.7. The highest BCUT2D eigenvalue weighted by molar-refractivity contribution is 8.16. The van der Waals surface area contributed by atoms with E-state index in [9.17, 15) is 14.4 Å². The highest BCUT2D eigenvalue weighted by Crippen LogP contribution is 2.32. The Bertz CT molecular complexity index is 851. The average molecular weight is 370 g/mol. The summed E-state index contributed by atoms with van der Waals surface area (Å²) in [5, 5.41) is 2.00. The summed E-state index contributed by atoms with van der Waals surface area (Å²) in [7, 11) is 0. The van der Waals surface area contributed by atoms with Crippen LogP contribution in [0.5, 0.6) is 0 Å². The van der Waals surface area contributed by atoms with Crippen molar-refractivity contribution < 1.29 is 19.1 Å². The first-order valence-electron chi connectivity index (χ1n) is 8.14. The minimum atomic E-state index is -0.712. The summed E-state index contributed by atoms with van der Waals surface area (Å²) in [6, 6.07) is 13.8. The van der Waals surface area contributed by atoms with Crippen LogP contribution in [-0.2, 0) is 9.53 Å². The van der Waals surface area contributed by atoms with Gasteiger partial charge in [-0.25, -0.2) is 9.69 Å². The van der Waals surface area contributed by atoms with E-state index in [2.05, 4.69) is 5.32 Å². The van der Waals surface area contributed by atoms with Gasteiger partial charge in [-0.15, -0.1) is 0 Å². The first-order valence-corrected chi connectivity index (χ1v) is 9.02. The lowest BCUT2D eigenvalue weighted by molar-refractivity contribution is -0.116. The van der Waals surface area contributed by atoms with Crippen LogP contribution < -0.4 is 10.2 Å². The van der Waals surface area contributed by atoms with Crippen molar-refractivity contribution in [2.45, 2.75) is 19.2 Å². The molecule has 2 aromatic carbocycles. The number of carbonyl (C=O) groups excluding carboxylic acids is 3. The molecular weight excluding hydrogens is 352 g/mol. The predicted molar refractivity (Wildman–Crippen MR) is 101 cm³/mol. The molecule has 0 unspecified atom stereocenters. The van der Waals surface area contributed by atoms with E-state index in [-0.39, 0.29) is 11.1 Å². The second-order valence-electron chi connectivity index (χ2n) is 5.72. The number of benzene rings is 2. The van der Waals surface area contributed by atoms with Crippen LogP contribution in [0.1, 0.15) is 22.8 Å². The summed E-state index contributed by atoms with van der Waals surface area (Å²) in [6.45, 7) is 3.96. The number of aryl methyl sites for hydroxylation is 1. The number of hydrogen-bond donors (Lipinski definition) is 1. The number of esters is 1. The topological polar surface area (TPSA) is 75.7 Å². The minimum Gasteiger partial charge on any atom is -0.462 e. The number of carbonyl (C=O) groups is 3. The molecule has 0 aliphatic carbocycles. The molecular formula is C19H18N2O4S. The first kappa shape index (κ1) is 18.0. The van der Waals surface area contributed by atoms with Crippen molar-refractivity contribution in [2.75, 3.05) is 16.8 Å². The van der Waals surface area contributed by atoms with Crippen LogP contribution in [0, 0.1) is 6.92 Å². The van der Waals surface area contributed by atoms with Gasteiger partial charge in [0, 0.05) is 5.69 Å². The summed E-state index contributed by atoms with van der Waals surface area (Å²) in [5.41, 5.74) is 2.61. The van der Waals surface area contributed by atoms with Crippen LogP contribution in [0.25, 0.3) is 0 Å². The number of nitrogens with zero attached hydrogens (tertiary/aromatic N) is 1. The van der Waals surface area contributed by atoms with Gasteiger partial charge < -0.3 is 10.1 Å². The quantitative estimate of drug-likeness (QED) is 0.807. The van der Waals surface area contributed by atoms with E-state index < -0.39 is 11.3 Å². The number of rotatable bonds is 5. The lowest BCUT2D eigenvalue weighted by atomic mass is 10.2. The fraction of sp³-hybridized carbons (Fsp3) is 0.211. The zero-order valence-corrected chi connectivity index (χ0v) is 15.2. The molecule has 1 saturated heterocycles. The lowest BCUT2D eigenvalue weighted by Crippen LogP contribution is -2.34. The van der Waals surface area contributed by atoms with E-state index in [0.29, 0.717) is 23.5 Å². The molecule has 7 heteroatoms. The number of nitrogens with one attached hydrogen (secondary N) is 1. The largest absolute Gasteiger partial charge is 0.462 e. The number of thioether (sulfide) groups is 1. The molecule has 0 saturated carbocycles. The van der Waals surface area contributed by atoms with Crippen molar-refractivity contribution in [3.05, 3.63) is 59.7 Å². The summed E-state index contributed by atoms with van der Waals surface area (Å²) in [4.78, 5) is 37.8. The second-order valence-corrected chi connectivity index (χ2v) is 6.77. The molecule has 2 aromatic rings. The molecule has 0 spiro atoms. The Morgan fingerprint density at radius 1 is 1.19 bits per heavy atom. The molecule has 26 heavy (non-hydrogen) atoms. The van der Waals surface area contributed by atoms with Crippen molar-refractivity contribution in [3.63, 3.8) is 0 Å². The smallest absolute Gasteiger partial charge is 0.338 e. The van der Waals surface area contributed by atoms with Gasteiger partial charge in [0.05, 0.1) is 17.9 Å². The highest BCUT2D eigenvalue weighted by atomic mass is 32.2. The van der Waals surface area contributed by atoms with Crippen molar-refractivity contribution in [3.8, 4) is 0 Å². The third-order valence-corrected chi connectivity index (χ3v) is 4.74. The van der Waals surface area contributed by atoms with Crippen molar-refractivity contribution in [1.82, 2.24) is 0 Å². The van der Waals surface area contributed by atoms with Crippen LogP contribution >= 0.6 is 11.8 Å². The number of imide groups is 1. The van der Waals surface area contributed by atoms with Gasteiger partial charge in [-0.05, 0) is 67.6 Å². The molecule has 0 aromatic heterocycles. The van der Waals surface area contributed by atoms with Crippen molar-refractivity contribution in [2.24, 2.45) is 0 Å². The Hall–Kier alpha value is -2.80. The molecule has 1 N–H and O–H groups in total. The fourth-order valence-corrected chi connectivity index (χ4v) is 3.47. The molecule has 0 bridgehead atoms. The van der Waals surface area contributed by atoms with E-state index in [4.69, 9.17) is 4.74 Å². The number of amides is 2. The predicted octanol–water partition coefficient (Wildman–Crippen LogP) is 3.81. The summed E-state index contributed by atoms with van der Waals surface area (Å²) >= 11 is 0.931. The van der Waals surface area contributed by atoms with E-state index >= 15 is 0 Å².